The monoisotopic (exact) mass is 420 g/mol. The summed E-state index contributed by atoms with van der Waals surface area (Å²) in [5, 5.41) is 0.144. The van der Waals surface area contributed by atoms with E-state index in [2.05, 4.69) is 15.0 Å². The molecule has 3 aromatic rings. The molecule has 150 valence electrons. The van der Waals surface area contributed by atoms with E-state index in [1.54, 1.807) is 0 Å². The molecule has 0 aliphatic carbocycles. The van der Waals surface area contributed by atoms with Gasteiger partial charge < -0.3 is 14.4 Å². The summed E-state index contributed by atoms with van der Waals surface area (Å²) in [4.78, 5) is 27.1. The summed E-state index contributed by atoms with van der Waals surface area (Å²) in [5.41, 5.74) is 0.638. The molecule has 0 saturated carbocycles. The second-order valence-electron chi connectivity index (χ2n) is 6.31. The molecule has 10 heteroatoms. The number of carbonyl (C=O) groups is 1. The SMILES string of the molecule is COC(=O)c1cc(Cl)c2nc(N3CCOCC3)nc(-c3cc(F)cc(F)c3)c2n1. The average Bonchev–Trinajstić information content (AvgIpc) is 2.72. The quantitative estimate of drug-likeness (QED) is 0.602. The van der Waals surface area contributed by atoms with Crippen LogP contribution < -0.4 is 4.90 Å². The van der Waals surface area contributed by atoms with E-state index in [1.165, 1.54) is 13.2 Å². The fraction of sp³-hybridized carbons (Fsp3) is 0.263. The lowest BCUT2D eigenvalue weighted by Gasteiger charge is -2.27. The molecule has 0 spiro atoms. The molecule has 0 atom stereocenters. The van der Waals surface area contributed by atoms with Gasteiger partial charge >= 0.3 is 5.97 Å². The van der Waals surface area contributed by atoms with E-state index < -0.39 is 17.6 Å². The molecule has 1 saturated heterocycles. The highest BCUT2D eigenvalue weighted by Crippen LogP contribution is 2.32. The zero-order chi connectivity index (χ0) is 20.5. The van der Waals surface area contributed by atoms with Crippen LogP contribution in [-0.2, 0) is 9.47 Å². The van der Waals surface area contributed by atoms with E-state index in [1.807, 2.05) is 4.90 Å². The van der Waals surface area contributed by atoms with Crippen molar-refractivity contribution in [2.75, 3.05) is 38.3 Å². The Bertz CT molecular complexity index is 1090. The fourth-order valence-corrected chi connectivity index (χ4v) is 3.30. The van der Waals surface area contributed by atoms with Gasteiger partial charge in [0, 0.05) is 24.7 Å². The number of carbonyl (C=O) groups excluding carboxylic acids is 1. The molecule has 0 amide bonds. The van der Waals surface area contributed by atoms with Crippen LogP contribution in [-0.4, -0.2) is 54.3 Å². The third-order valence-corrected chi connectivity index (χ3v) is 4.71. The van der Waals surface area contributed by atoms with Gasteiger partial charge in [-0.2, -0.15) is 0 Å². The van der Waals surface area contributed by atoms with Crippen LogP contribution >= 0.6 is 11.6 Å². The van der Waals surface area contributed by atoms with Gasteiger partial charge in [-0.25, -0.2) is 28.5 Å². The highest BCUT2D eigenvalue weighted by molar-refractivity contribution is 6.35. The number of rotatable bonds is 3. The summed E-state index contributed by atoms with van der Waals surface area (Å²) in [6, 6.07) is 4.36. The molecule has 1 aromatic carbocycles. The predicted octanol–water partition coefficient (Wildman–Crippen LogP) is 3.25. The normalized spacial score (nSPS) is 14.3. The molecule has 1 aliphatic heterocycles. The lowest BCUT2D eigenvalue weighted by Crippen LogP contribution is -2.37. The van der Waals surface area contributed by atoms with Gasteiger partial charge in [0.1, 0.15) is 28.4 Å². The molecule has 0 bridgehead atoms. The maximum Gasteiger partial charge on any atom is 0.356 e. The molecule has 1 aliphatic rings. The Balaban J connectivity index is 2.00. The molecule has 7 nitrogen and oxygen atoms in total. The lowest BCUT2D eigenvalue weighted by molar-refractivity contribution is 0.0594. The molecule has 4 rings (SSSR count). The van der Waals surface area contributed by atoms with Crippen LogP contribution in [0.4, 0.5) is 14.7 Å². The first-order chi connectivity index (χ1) is 14.0. The van der Waals surface area contributed by atoms with Crippen molar-refractivity contribution in [3.05, 3.63) is 46.6 Å². The van der Waals surface area contributed by atoms with Crippen LogP contribution in [0.2, 0.25) is 5.02 Å². The molecule has 29 heavy (non-hydrogen) atoms. The molecule has 0 N–H and O–H groups in total. The molecule has 1 fully saturated rings. The van der Waals surface area contributed by atoms with E-state index in [4.69, 9.17) is 21.1 Å². The standard InChI is InChI=1S/C19H15ClF2N4O3/c1-28-18(27)14-9-13(20)16-17(23-14)15(10-6-11(21)8-12(22)7-10)24-19(25-16)26-2-4-29-5-3-26/h6-9H,2-5H2,1H3. The Morgan fingerprint density at radius 2 is 1.76 bits per heavy atom. The van der Waals surface area contributed by atoms with Crippen LogP contribution in [0.15, 0.2) is 24.3 Å². The highest BCUT2D eigenvalue weighted by atomic mass is 35.5. The van der Waals surface area contributed by atoms with E-state index >= 15 is 0 Å². The third-order valence-electron chi connectivity index (χ3n) is 4.42. The largest absolute Gasteiger partial charge is 0.464 e. The Morgan fingerprint density at radius 1 is 1.07 bits per heavy atom. The number of morpholine rings is 1. The number of esters is 1. The van der Waals surface area contributed by atoms with Gasteiger partial charge in [-0.05, 0) is 18.2 Å². The van der Waals surface area contributed by atoms with Crippen LogP contribution in [0.5, 0.6) is 0 Å². The number of benzene rings is 1. The first-order valence-electron chi connectivity index (χ1n) is 8.72. The predicted molar refractivity (Wildman–Crippen MR) is 102 cm³/mol. The smallest absolute Gasteiger partial charge is 0.356 e. The minimum absolute atomic E-state index is 0.0640. The van der Waals surface area contributed by atoms with Crippen molar-refractivity contribution in [3.63, 3.8) is 0 Å². The number of methoxy groups -OCH3 is 1. The summed E-state index contributed by atoms with van der Waals surface area (Å²) in [6.45, 7) is 2.10. The topological polar surface area (TPSA) is 77.4 Å². The zero-order valence-electron chi connectivity index (χ0n) is 15.3. The van der Waals surface area contributed by atoms with Gasteiger partial charge in [0.15, 0.2) is 5.69 Å². The number of hydrogen-bond donors (Lipinski definition) is 0. The second kappa shape index (κ2) is 7.84. The number of nitrogens with zero attached hydrogens (tertiary/aromatic N) is 4. The van der Waals surface area contributed by atoms with Crippen LogP contribution in [0.1, 0.15) is 10.5 Å². The zero-order valence-corrected chi connectivity index (χ0v) is 16.0. The van der Waals surface area contributed by atoms with Gasteiger partial charge in [-0.1, -0.05) is 11.6 Å². The van der Waals surface area contributed by atoms with Gasteiger partial charge in [-0.15, -0.1) is 0 Å². The number of hydrogen-bond acceptors (Lipinski definition) is 7. The third kappa shape index (κ3) is 3.83. The molecule has 0 unspecified atom stereocenters. The fourth-order valence-electron chi connectivity index (χ4n) is 3.06. The van der Waals surface area contributed by atoms with Crippen LogP contribution in [0, 0.1) is 11.6 Å². The number of aromatic nitrogens is 3. The van der Waals surface area contributed by atoms with Gasteiger partial charge in [0.25, 0.3) is 0 Å². The average molecular weight is 421 g/mol. The van der Waals surface area contributed by atoms with E-state index in [-0.39, 0.29) is 33.0 Å². The van der Waals surface area contributed by atoms with Crippen LogP contribution in [0.3, 0.4) is 0 Å². The maximum absolute atomic E-state index is 13.9. The van der Waals surface area contributed by atoms with E-state index in [0.29, 0.717) is 32.3 Å². The van der Waals surface area contributed by atoms with Gasteiger partial charge in [0.2, 0.25) is 5.95 Å². The second-order valence-corrected chi connectivity index (χ2v) is 6.72. The number of ether oxygens (including phenoxy) is 2. The van der Waals surface area contributed by atoms with Crippen LogP contribution in [0.25, 0.3) is 22.3 Å². The number of pyridine rings is 1. The minimum atomic E-state index is -0.769. The Kier molecular flexibility index (Phi) is 5.25. The summed E-state index contributed by atoms with van der Waals surface area (Å²) >= 11 is 6.37. The van der Waals surface area contributed by atoms with Crippen molar-refractivity contribution < 1.29 is 23.0 Å². The summed E-state index contributed by atoms with van der Waals surface area (Å²) in [5.74, 6) is -1.91. The summed E-state index contributed by atoms with van der Waals surface area (Å²) in [7, 11) is 1.21. The van der Waals surface area contributed by atoms with Gasteiger partial charge in [-0.3, -0.25) is 0 Å². The van der Waals surface area contributed by atoms with Crippen molar-refractivity contribution in [2.24, 2.45) is 0 Å². The molecule has 0 radical (unpaired) electrons. The number of halogens is 3. The van der Waals surface area contributed by atoms with Crippen molar-refractivity contribution in [2.45, 2.75) is 0 Å². The Hall–Kier alpha value is -2.91. The van der Waals surface area contributed by atoms with Crippen molar-refractivity contribution in [1.29, 1.82) is 0 Å². The molecular weight excluding hydrogens is 406 g/mol. The number of fused-ring (bicyclic) bond motifs is 1. The molecule has 2 aromatic heterocycles. The van der Waals surface area contributed by atoms with E-state index in [0.717, 1.165) is 18.2 Å². The van der Waals surface area contributed by atoms with E-state index in [9.17, 15) is 13.6 Å². The van der Waals surface area contributed by atoms with Crippen molar-refractivity contribution in [1.82, 2.24) is 15.0 Å². The first-order valence-corrected chi connectivity index (χ1v) is 9.10. The van der Waals surface area contributed by atoms with Crippen molar-refractivity contribution in [3.8, 4) is 11.3 Å². The highest BCUT2D eigenvalue weighted by Gasteiger charge is 2.22. The number of anilines is 1. The van der Waals surface area contributed by atoms with Gasteiger partial charge in [0.05, 0.1) is 25.3 Å². The Morgan fingerprint density at radius 3 is 2.41 bits per heavy atom. The first kappa shape index (κ1) is 19.4. The minimum Gasteiger partial charge on any atom is -0.464 e. The summed E-state index contributed by atoms with van der Waals surface area (Å²) < 4.78 is 37.8. The maximum atomic E-state index is 13.9. The lowest BCUT2D eigenvalue weighted by atomic mass is 10.1. The Labute approximate surface area is 169 Å². The summed E-state index contributed by atoms with van der Waals surface area (Å²) in [6.07, 6.45) is 0. The molecule has 3 heterocycles. The molecular formula is C19H15ClF2N4O3. The van der Waals surface area contributed by atoms with Crippen molar-refractivity contribution >= 4 is 34.6 Å².